The molecule has 0 amide bonds. The van der Waals surface area contributed by atoms with E-state index in [1.807, 2.05) is 0 Å². The molecule has 1 N–H and O–H groups in total. The molecule has 0 atom stereocenters. The minimum atomic E-state index is -2.03. The topological polar surface area (TPSA) is 46.5 Å². The van der Waals surface area contributed by atoms with E-state index in [2.05, 4.69) is 53.3 Å². The summed E-state index contributed by atoms with van der Waals surface area (Å²) in [5.41, 5.74) is 0. The highest BCUT2D eigenvalue weighted by Crippen LogP contribution is 2.01. The minimum absolute atomic E-state index is 0.147. The number of carbonyl (C=O) groups excluding carboxylic acids is 1. The number of rotatable bonds is 15. The molecular formula is C21H34O3. The van der Waals surface area contributed by atoms with Crippen LogP contribution in [0.5, 0.6) is 0 Å². The lowest BCUT2D eigenvalue weighted by Crippen LogP contribution is -1.98. The first-order chi connectivity index (χ1) is 12.5. The molecule has 0 spiro atoms. The van der Waals surface area contributed by atoms with Crippen molar-refractivity contribution in [3.8, 4) is 0 Å². The van der Waals surface area contributed by atoms with Crippen molar-refractivity contribution in [2.75, 3.05) is 13.7 Å². The number of ether oxygens (including phenoxy) is 1. The molecule has 0 rings (SSSR count). The molecule has 0 aromatic heterocycles. The molecule has 0 aliphatic rings. The van der Waals surface area contributed by atoms with Crippen molar-refractivity contribution in [2.24, 2.45) is 0 Å². The van der Waals surface area contributed by atoms with E-state index in [0.717, 1.165) is 44.9 Å². The molecule has 0 saturated carbocycles. The Morgan fingerprint density at radius 1 is 0.833 bits per heavy atom. The van der Waals surface area contributed by atoms with Crippen LogP contribution in [0.4, 0.5) is 0 Å². The third-order valence-electron chi connectivity index (χ3n) is 3.37. The summed E-state index contributed by atoms with van der Waals surface area (Å²) in [5, 5.41) is 8.95. The van der Waals surface area contributed by atoms with Gasteiger partial charge in [-0.05, 0) is 51.4 Å². The van der Waals surface area contributed by atoms with Gasteiger partial charge in [0.25, 0.3) is 0 Å². The summed E-state index contributed by atoms with van der Waals surface area (Å²) in [5.74, 6) is -0.147. The van der Waals surface area contributed by atoms with Crippen LogP contribution in [0.1, 0.15) is 66.9 Å². The molecule has 24 heavy (non-hydrogen) atoms. The molecule has 0 bridgehead atoms. The fraction of sp³-hybridized carbons (Fsp3) is 0.571. The Balaban J connectivity index is 3.47. The molecular weight excluding hydrogens is 300 g/mol. The van der Waals surface area contributed by atoms with Crippen LogP contribution in [-0.2, 0) is 9.53 Å². The van der Waals surface area contributed by atoms with Gasteiger partial charge in [-0.2, -0.15) is 0 Å². The maximum absolute atomic E-state index is 10.9. The average Bonchev–Trinajstić information content (AvgIpc) is 2.59. The average molecular weight is 337 g/mol. The van der Waals surface area contributed by atoms with E-state index >= 15 is 0 Å². The molecule has 136 valence electrons. The van der Waals surface area contributed by atoms with Gasteiger partial charge in [0.2, 0.25) is 0 Å². The van der Waals surface area contributed by atoms with E-state index in [-0.39, 0.29) is 12.4 Å². The van der Waals surface area contributed by atoms with Crippen LogP contribution in [0.3, 0.4) is 0 Å². The second-order valence-electron chi connectivity index (χ2n) is 5.46. The van der Waals surface area contributed by atoms with E-state index in [9.17, 15) is 4.79 Å². The summed E-state index contributed by atoms with van der Waals surface area (Å²) >= 11 is 0. The van der Waals surface area contributed by atoms with E-state index in [4.69, 9.17) is 7.85 Å². The standard InChI is InChI=1S/C21H34O3/c1-24-21(23)19-17-15-13-11-9-7-5-3-2-4-6-8-10-12-14-16-18-20-22/h2,4-5,7-8,10-11,13,22H,3,6,9,12,14-20H2,1H3/b4-2-,7-5-,10-8-,13-11-/i20D2. The van der Waals surface area contributed by atoms with Gasteiger partial charge in [-0.3, -0.25) is 4.79 Å². The first-order valence-electron chi connectivity index (χ1n) is 9.85. The van der Waals surface area contributed by atoms with Crippen LogP contribution in [0.2, 0.25) is 0 Å². The summed E-state index contributed by atoms with van der Waals surface area (Å²) in [6.07, 6.45) is 24.7. The fourth-order valence-corrected chi connectivity index (χ4v) is 1.98. The summed E-state index contributed by atoms with van der Waals surface area (Å²) < 4.78 is 18.6. The highest BCUT2D eigenvalue weighted by molar-refractivity contribution is 5.69. The molecule has 0 aromatic rings. The van der Waals surface area contributed by atoms with Crippen molar-refractivity contribution in [3.63, 3.8) is 0 Å². The van der Waals surface area contributed by atoms with Gasteiger partial charge in [0.15, 0.2) is 0 Å². The third-order valence-corrected chi connectivity index (χ3v) is 3.37. The zero-order valence-electron chi connectivity index (χ0n) is 17.0. The normalized spacial score (nSPS) is 14.1. The lowest BCUT2D eigenvalue weighted by Gasteiger charge is -1.95. The van der Waals surface area contributed by atoms with Crippen LogP contribution in [0.25, 0.3) is 0 Å². The van der Waals surface area contributed by atoms with Crippen molar-refractivity contribution >= 4 is 5.97 Å². The Labute approximate surface area is 150 Å². The molecule has 0 aliphatic heterocycles. The van der Waals surface area contributed by atoms with Crippen molar-refractivity contribution in [3.05, 3.63) is 48.6 Å². The maximum Gasteiger partial charge on any atom is 0.305 e. The van der Waals surface area contributed by atoms with Gasteiger partial charge in [-0.1, -0.05) is 55.0 Å². The van der Waals surface area contributed by atoms with Crippen LogP contribution in [0.15, 0.2) is 48.6 Å². The molecule has 3 nitrogen and oxygen atoms in total. The zero-order chi connectivity index (χ0) is 19.5. The number of hydrogen-bond acceptors (Lipinski definition) is 3. The molecule has 0 unspecified atom stereocenters. The van der Waals surface area contributed by atoms with Crippen LogP contribution in [0, 0.1) is 0 Å². The van der Waals surface area contributed by atoms with E-state index in [1.165, 1.54) is 7.11 Å². The van der Waals surface area contributed by atoms with Crippen molar-refractivity contribution in [1.29, 1.82) is 0 Å². The Morgan fingerprint density at radius 2 is 1.33 bits per heavy atom. The lowest BCUT2D eigenvalue weighted by atomic mass is 10.2. The number of unbranched alkanes of at least 4 members (excludes halogenated alkanes) is 3. The highest BCUT2D eigenvalue weighted by atomic mass is 16.5. The number of aliphatic hydroxyl groups is 1. The third kappa shape index (κ3) is 18.4. The van der Waals surface area contributed by atoms with Gasteiger partial charge in [0.1, 0.15) is 0 Å². The summed E-state index contributed by atoms with van der Waals surface area (Å²) in [6, 6.07) is 0. The quantitative estimate of drug-likeness (QED) is 0.251. The number of methoxy groups -OCH3 is 1. The minimum Gasteiger partial charge on any atom is -0.469 e. The van der Waals surface area contributed by atoms with Gasteiger partial charge in [0.05, 0.1) is 9.85 Å². The first kappa shape index (κ1) is 18.7. The Bertz CT molecular complexity index is 460. The predicted molar refractivity (Wildman–Crippen MR) is 102 cm³/mol. The van der Waals surface area contributed by atoms with E-state index in [1.54, 1.807) is 0 Å². The molecule has 3 heteroatoms. The summed E-state index contributed by atoms with van der Waals surface area (Å²) in [6.45, 7) is -2.03. The Morgan fingerprint density at radius 3 is 1.83 bits per heavy atom. The van der Waals surface area contributed by atoms with E-state index < -0.39 is 6.56 Å². The van der Waals surface area contributed by atoms with Gasteiger partial charge < -0.3 is 9.84 Å². The molecule has 0 aromatic carbocycles. The van der Waals surface area contributed by atoms with Crippen molar-refractivity contribution in [2.45, 2.75) is 64.2 Å². The molecule has 0 radical (unpaired) electrons. The largest absolute Gasteiger partial charge is 0.469 e. The smallest absolute Gasteiger partial charge is 0.305 e. The Hall–Kier alpha value is -1.61. The van der Waals surface area contributed by atoms with Crippen molar-refractivity contribution in [1.82, 2.24) is 0 Å². The predicted octanol–water partition coefficient (Wildman–Crippen LogP) is 5.28. The number of allylic oxidation sites excluding steroid dienone is 8. The highest BCUT2D eigenvalue weighted by Gasteiger charge is 1.96. The van der Waals surface area contributed by atoms with Crippen LogP contribution >= 0.6 is 0 Å². The van der Waals surface area contributed by atoms with E-state index in [0.29, 0.717) is 12.8 Å². The Kier molecular flexibility index (Phi) is 15.2. The maximum atomic E-state index is 10.9. The SMILES string of the molecule is [2H]C([2H])(O)CCCC/C=C\C/C=C\C/C=C\C/C=C\CCCC(=O)OC. The number of esters is 1. The number of carbonyl (C=O) groups is 1. The molecule has 0 aliphatic carbocycles. The number of hydrogen-bond donors (Lipinski definition) is 1. The van der Waals surface area contributed by atoms with Gasteiger partial charge in [-0.15, -0.1) is 0 Å². The summed E-state index contributed by atoms with van der Waals surface area (Å²) in [7, 11) is 1.41. The van der Waals surface area contributed by atoms with Crippen LogP contribution < -0.4 is 0 Å². The van der Waals surface area contributed by atoms with Gasteiger partial charge >= 0.3 is 5.97 Å². The second-order valence-corrected chi connectivity index (χ2v) is 5.46. The first-order valence-corrected chi connectivity index (χ1v) is 8.85. The molecule has 0 saturated heterocycles. The zero-order valence-corrected chi connectivity index (χ0v) is 15.0. The van der Waals surface area contributed by atoms with Crippen molar-refractivity contribution < 1.29 is 17.4 Å². The van der Waals surface area contributed by atoms with Crippen LogP contribution in [-0.4, -0.2) is 24.7 Å². The lowest BCUT2D eigenvalue weighted by molar-refractivity contribution is -0.140. The summed E-state index contributed by atoms with van der Waals surface area (Å²) in [4.78, 5) is 10.9. The second kappa shape index (κ2) is 19.4. The monoisotopic (exact) mass is 336 g/mol. The van der Waals surface area contributed by atoms with Gasteiger partial charge in [-0.25, -0.2) is 0 Å². The fourth-order valence-electron chi connectivity index (χ4n) is 1.98. The molecule has 0 heterocycles. The van der Waals surface area contributed by atoms with Gasteiger partial charge in [0, 0.05) is 13.0 Å². The molecule has 0 fully saturated rings.